The summed E-state index contributed by atoms with van der Waals surface area (Å²) >= 11 is 3.51. The van der Waals surface area contributed by atoms with Crippen LogP contribution in [0.4, 0.5) is 23.1 Å². The van der Waals surface area contributed by atoms with Crippen molar-refractivity contribution < 1.29 is 0 Å². The molecular weight excluding hydrogens is 342 g/mol. The Hall–Kier alpha value is -2.47. The highest BCUT2D eigenvalue weighted by Gasteiger charge is 2.03. The molecule has 0 aliphatic heterocycles. The fraction of sp³-hybridized carbons (Fsp3) is 0.0625. The van der Waals surface area contributed by atoms with Gasteiger partial charge in [-0.15, -0.1) is 5.10 Å². The fourth-order valence-corrected chi connectivity index (χ4v) is 2.26. The summed E-state index contributed by atoms with van der Waals surface area (Å²) in [5.41, 5.74) is 3.02. The monoisotopic (exact) mass is 355 g/mol. The van der Waals surface area contributed by atoms with Gasteiger partial charge in [-0.25, -0.2) is 0 Å². The minimum atomic E-state index is 0.441. The molecule has 2 N–H and O–H groups in total. The van der Waals surface area contributed by atoms with Gasteiger partial charge in [-0.1, -0.05) is 40.2 Å². The second-order valence-electron chi connectivity index (χ2n) is 4.75. The molecule has 5 nitrogen and oxygen atoms in total. The number of nitrogens with zero attached hydrogens (tertiary/aromatic N) is 3. The molecule has 1 heterocycles. The normalized spacial score (nSPS) is 10.3. The summed E-state index contributed by atoms with van der Waals surface area (Å²) in [6.45, 7) is 2.04. The molecular formula is C16H14BrN5. The summed E-state index contributed by atoms with van der Waals surface area (Å²) in [5, 5.41) is 14.3. The van der Waals surface area contributed by atoms with Gasteiger partial charge in [0.1, 0.15) is 0 Å². The van der Waals surface area contributed by atoms with Crippen LogP contribution in [0.5, 0.6) is 0 Å². The molecule has 0 unspecified atom stereocenters. The van der Waals surface area contributed by atoms with Crippen molar-refractivity contribution in [1.82, 2.24) is 15.2 Å². The molecule has 0 aliphatic carbocycles. The third-order valence-corrected chi connectivity index (χ3v) is 3.89. The second-order valence-corrected chi connectivity index (χ2v) is 5.60. The van der Waals surface area contributed by atoms with E-state index in [9.17, 15) is 0 Å². The van der Waals surface area contributed by atoms with E-state index in [1.54, 1.807) is 6.20 Å². The van der Waals surface area contributed by atoms with Crippen molar-refractivity contribution in [2.75, 3.05) is 10.6 Å². The number of benzene rings is 2. The molecule has 0 amide bonds. The second kappa shape index (κ2) is 6.53. The maximum atomic E-state index is 4.40. The lowest BCUT2D eigenvalue weighted by Gasteiger charge is -2.08. The molecule has 3 rings (SSSR count). The molecule has 0 fully saturated rings. The van der Waals surface area contributed by atoms with E-state index >= 15 is 0 Å². The molecule has 0 aliphatic rings. The molecule has 0 saturated heterocycles. The summed E-state index contributed by atoms with van der Waals surface area (Å²) in [7, 11) is 0. The van der Waals surface area contributed by atoms with Crippen LogP contribution in [0.3, 0.4) is 0 Å². The van der Waals surface area contributed by atoms with Gasteiger partial charge in [0.25, 0.3) is 0 Å². The lowest BCUT2D eigenvalue weighted by Crippen LogP contribution is -2.02. The number of rotatable bonds is 4. The average Bonchev–Trinajstić information content (AvgIpc) is 2.52. The Morgan fingerprint density at radius 3 is 2.55 bits per heavy atom. The van der Waals surface area contributed by atoms with Crippen LogP contribution in [0, 0.1) is 6.92 Å². The van der Waals surface area contributed by atoms with E-state index in [1.807, 2.05) is 55.5 Å². The summed E-state index contributed by atoms with van der Waals surface area (Å²) in [5.74, 6) is 1.08. The zero-order valence-electron chi connectivity index (χ0n) is 11.9. The molecule has 22 heavy (non-hydrogen) atoms. The first-order chi connectivity index (χ1) is 10.7. The van der Waals surface area contributed by atoms with Crippen LogP contribution in [0.1, 0.15) is 5.56 Å². The van der Waals surface area contributed by atoms with Gasteiger partial charge in [0.15, 0.2) is 5.82 Å². The smallest absolute Gasteiger partial charge is 0.249 e. The molecule has 2 aromatic carbocycles. The number of anilines is 4. The topological polar surface area (TPSA) is 62.7 Å². The van der Waals surface area contributed by atoms with Crippen molar-refractivity contribution in [3.63, 3.8) is 0 Å². The van der Waals surface area contributed by atoms with Crippen molar-refractivity contribution >= 4 is 39.1 Å². The van der Waals surface area contributed by atoms with Crippen LogP contribution in [0.15, 0.2) is 59.2 Å². The van der Waals surface area contributed by atoms with Gasteiger partial charge in [0, 0.05) is 15.8 Å². The zero-order valence-corrected chi connectivity index (χ0v) is 13.5. The van der Waals surface area contributed by atoms with Crippen molar-refractivity contribution in [3.05, 3.63) is 64.8 Å². The number of halogens is 1. The molecule has 3 aromatic rings. The Labute approximate surface area is 137 Å². The van der Waals surface area contributed by atoms with E-state index in [4.69, 9.17) is 0 Å². The predicted molar refractivity (Wildman–Crippen MR) is 91.7 cm³/mol. The third kappa shape index (κ3) is 3.59. The summed E-state index contributed by atoms with van der Waals surface area (Å²) in [4.78, 5) is 4.40. The standard InChI is InChI=1S/C16H14BrN5/c1-11-7-8-13(9-14(11)17)20-16-21-15(10-18-22-16)19-12-5-3-2-4-6-12/h2-10H,1H3,(H2,19,20,21,22). The van der Waals surface area contributed by atoms with Crippen molar-refractivity contribution in [1.29, 1.82) is 0 Å². The summed E-state index contributed by atoms with van der Waals surface area (Å²) in [6, 6.07) is 15.8. The lowest BCUT2D eigenvalue weighted by atomic mass is 10.2. The van der Waals surface area contributed by atoms with E-state index in [-0.39, 0.29) is 0 Å². The maximum Gasteiger partial charge on any atom is 0.249 e. The van der Waals surface area contributed by atoms with Crippen molar-refractivity contribution in [2.24, 2.45) is 0 Å². The van der Waals surface area contributed by atoms with Crippen LogP contribution >= 0.6 is 15.9 Å². The molecule has 110 valence electrons. The number of hydrogen-bond acceptors (Lipinski definition) is 5. The molecule has 0 spiro atoms. The Morgan fingerprint density at radius 2 is 1.77 bits per heavy atom. The molecule has 1 aromatic heterocycles. The van der Waals surface area contributed by atoms with E-state index in [1.165, 1.54) is 5.56 Å². The number of nitrogens with one attached hydrogen (secondary N) is 2. The van der Waals surface area contributed by atoms with Gasteiger partial charge >= 0.3 is 0 Å². The summed E-state index contributed by atoms with van der Waals surface area (Å²) in [6.07, 6.45) is 1.59. The van der Waals surface area contributed by atoms with Crippen LogP contribution in [-0.2, 0) is 0 Å². The first-order valence-electron chi connectivity index (χ1n) is 6.76. The maximum absolute atomic E-state index is 4.40. The SMILES string of the molecule is Cc1ccc(Nc2nncc(Nc3ccccc3)n2)cc1Br. The average molecular weight is 356 g/mol. The third-order valence-electron chi connectivity index (χ3n) is 3.03. The Bertz CT molecular complexity index is 776. The van der Waals surface area contributed by atoms with E-state index in [2.05, 4.69) is 41.7 Å². The lowest BCUT2D eigenvalue weighted by molar-refractivity contribution is 0.982. The van der Waals surface area contributed by atoms with E-state index < -0.39 is 0 Å². The van der Waals surface area contributed by atoms with Gasteiger partial charge in [0.2, 0.25) is 5.95 Å². The van der Waals surface area contributed by atoms with E-state index in [0.29, 0.717) is 11.8 Å². The molecule has 0 saturated carbocycles. The number of para-hydroxylation sites is 1. The number of hydrogen-bond donors (Lipinski definition) is 2. The minimum Gasteiger partial charge on any atom is -0.339 e. The van der Waals surface area contributed by atoms with Crippen molar-refractivity contribution in [2.45, 2.75) is 6.92 Å². The predicted octanol–water partition coefficient (Wildman–Crippen LogP) is 4.43. The van der Waals surface area contributed by atoms with Crippen LogP contribution in [0.2, 0.25) is 0 Å². The largest absolute Gasteiger partial charge is 0.339 e. The Morgan fingerprint density at radius 1 is 0.955 bits per heavy atom. The van der Waals surface area contributed by atoms with Crippen molar-refractivity contribution in [3.8, 4) is 0 Å². The Kier molecular flexibility index (Phi) is 4.29. The number of aromatic nitrogens is 3. The van der Waals surface area contributed by atoms with Gasteiger partial charge in [-0.3, -0.25) is 0 Å². The van der Waals surface area contributed by atoms with E-state index in [0.717, 1.165) is 15.8 Å². The Balaban J connectivity index is 1.77. The van der Waals surface area contributed by atoms with Crippen LogP contribution in [-0.4, -0.2) is 15.2 Å². The first-order valence-corrected chi connectivity index (χ1v) is 7.55. The van der Waals surface area contributed by atoms with Gasteiger partial charge in [-0.05, 0) is 36.8 Å². The fourth-order valence-electron chi connectivity index (χ4n) is 1.89. The van der Waals surface area contributed by atoms with Crippen LogP contribution < -0.4 is 10.6 Å². The molecule has 6 heteroatoms. The molecule has 0 bridgehead atoms. The highest BCUT2D eigenvalue weighted by molar-refractivity contribution is 9.10. The van der Waals surface area contributed by atoms with Crippen LogP contribution in [0.25, 0.3) is 0 Å². The highest BCUT2D eigenvalue weighted by atomic mass is 79.9. The molecule has 0 radical (unpaired) electrons. The number of aryl methyl sites for hydroxylation is 1. The molecule has 0 atom stereocenters. The first kappa shape index (κ1) is 14.5. The summed E-state index contributed by atoms with van der Waals surface area (Å²) < 4.78 is 1.03. The van der Waals surface area contributed by atoms with Gasteiger partial charge in [0.05, 0.1) is 6.20 Å². The zero-order chi connectivity index (χ0) is 15.4. The quantitative estimate of drug-likeness (QED) is 0.724. The minimum absolute atomic E-state index is 0.441. The highest BCUT2D eigenvalue weighted by Crippen LogP contribution is 2.22. The van der Waals surface area contributed by atoms with Gasteiger partial charge < -0.3 is 10.6 Å². The van der Waals surface area contributed by atoms with Gasteiger partial charge in [-0.2, -0.15) is 10.1 Å².